The highest BCUT2D eigenvalue weighted by atomic mass is 19.1. The van der Waals surface area contributed by atoms with Crippen molar-refractivity contribution in [2.45, 2.75) is 26.4 Å². The number of carbonyl (C=O) groups excluding carboxylic acids is 1. The van der Waals surface area contributed by atoms with Gasteiger partial charge in [-0.15, -0.1) is 0 Å². The third-order valence-electron chi connectivity index (χ3n) is 2.66. The molecule has 7 heteroatoms. The van der Waals surface area contributed by atoms with Crippen molar-refractivity contribution in [3.8, 4) is 0 Å². The maximum Gasteiger partial charge on any atom is 0.506 e. The molecule has 0 amide bonds. The average Bonchev–Trinajstić information content (AvgIpc) is 2.67. The van der Waals surface area contributed by atoms with Gasteiger partial charge in [0.25, 0.3) is 0 Å². The highest BCUT2D eigenvalue weighted by molar-refractivity contribution is 6.59. The quantitative estimate of drug-likeness (QED) is 0.770. The lowest BCUT2D eigenvalue weighted by Crippen LogP contribution is -2.40. The number of nitrogens with zero attached hydrogens (tertiary/aromatic N) is 1. The van der Waals surface area contributed by atoms with Crippen LogP contribution in [0.4, 0.5) is 9.18 Å². The summed E-state index contributed by atoms with van der Waals surface area (Å²) >= 11 is 0. The average molecular weight is 279 g/mol. The lowest BCUT2D eigenvalue weighted by Gasteiger charge is -2.20. The Hall–Kier alpha value is -1.86. The number of ether oxygens (including phenoxy) is 1. The molecule has 0 bridgehead atoms. The van der Waals surface area contributed by atoms with Crippen LogP contribution in [0, 0.1) is 5.82 Å². The predicted octanol–water partition coefficient (Wildman–Crippen LogP) is 1.24. The van der Waals surface area contributed by atoms with Gasteiger partial charge in [0.15, 0.2) is 0 Å². The van der Waals surface area contributed by atoms with E-state index in [2.05, 4.69) is 0 Å². The molecule has 0 aliphatic heterocycles. The van der Waals surface area contributed by atoms with Crippen LogP contribution in [0.5, 0.6) is 0 Å². The van der Waals surface area contributed by atoms with Crippen LogP contribution in [0.2, 0.25) is 0 Å². The van der Waals surface area contributed by atoms with Gasteiger partial charge >= 0.3 is 13.2 Å². The van der Waals surface area contributed by atoms with E-state index in [1.807, 2.05) is 0 Å². The molecule has 1 heterocycles. The molecule has 2 aromatic rings. The van der Waals surface area contributed by atoms with E-state index in [0.29, 0.717) is 0 Å². The van der Waals surface area contributed by atoms with Crippen molar-refractivity contribution in [3.63, 3.8) is 0 Å². The van der Waals surface area contributed by atoms with E-state index in [0.717, 1.165) is 4.57 Å². The molecule has 0 fully saturated rings. The zero-order valence-electron chi connectivity index (χ0n) is 11.4. The molecule has 0 unspecified atom stereocenters. The van der Waals surface area contributed by atoms with Gasteiger partial charge in [0.1, 0.15) is 11.4 Å². The van der Waals surface area contributed by atoms with Crippen LogP contribution in [-0.2, 0) is 4.74 Å². The Morgan fingerprint density at radius 3 is 2.55 bits per heavy atom. The molecule has 0 saturated carbocycles. The van der Waals surface area contributed by atoms with Crippen molar-refractivity contribution >= 4 is 29.7 Å². The van der Waals surface area contributed by atoms with Crippen LogP contribution in [0.15, 0.2) is 24.3 Å². The van der Waals surface area contributed by atoms with Crippen molar-refractivity contribution in [1.29, 1.82) is 0 Å². The SMILES string of the molecule is CC(C)(C)OC(=O)n1c(B(O)O)cc2c(F)cccc21. The van der Waals surface area contributed by atoms with Crippen LogP contribution < -0.4 is 5.59 Å². The standard InChI is InChI=1S/C13H15BFNO4/c1-13(2,3)20-12(17)16-10-6-4-5-9(15)8(10)7-11(16)14(18)19/h4-7,18-19H,1-3H3. The molecular weight excluding hydrogens is 264 g/mol. The minimum Gasteiger partial charge on any atom is -0.443 e. The van der Waals surface area contributed by atoms with Gasteiger partial charge in [-0.2, -0.15) is 0 Å². The van der Waals surface area contributed by atoms with Crippen molar-refractivity contribution in [2.24, 2.45) is 0 Å². The fourth-order valence-corrected chi connectivity index (χ4v) is 1.92. The minimum atomic E-state index is -1.91. The first-order chi connectivity index (χ1) is 9.20. The predicted molar refractivity (Wildman–Crippen MR) is 73.4 cm³/mol. The van der Waals surface area contributed by atoms with Crippen LogP contribution in [0.3, 0.4) is 0 Å². The molecule has 0 radical (unpaired) electrons. The van der Waals surface area contributed by atoms with E-state index in [1.54, 1.807) is 20.8 Å². The molecule has 0 atom stereocenters. The zero-order valence-corrected chi connectivity index (χ0v) is 11.4. The Morgan fingerprint density at radius 1 is 1.35 bits per heavy atom. The number of aromatic nitrogens is 1. The first-order valence-electron chi connectivity index (χ1n) is 6.10. The summed E-state index contributed by atoms with van der Waals surface area (Å²) in [6.45, 7) is 5.06. The Morgan fingerprint density at radius 2 is 2.00 bits per heavy atom. The topological polar surface area (TPSA) is 71.7 Å². The Bertz CT molecular complexity index is 660. The summed E-state index contributed by atoms with van der Waals surface area (Å²) in [6.07, 6.45) is -0.791. The first-order valence-corrected chi connectivity index (χ1v) is 6.10. The molecule has 0 spiro atoms. The van der Waals surface area contributed by atoms with E-state index >= 15 is 0 Å². The molecule has 2 rings (SSSR count). The first kappa shape index (κ1) is 14.6. The lowest BCUT2D eigenvalue weighted by molar-refractivity contribution is 0.0548. The molecule has 0 aliphatic carbocycles. The van der Waals surface area contributed by atoms with Gasteiger partial charge in [-0.05, 0) is 39.0 Å². The zero-order chi connectivity index (χ0) is 15.1. The lowest BCUT2D eigenvalue weighted by atomic mass is 9.86. The minimum absolute atomic E-state index is 0.126. The molecule has 1 aromatic heterocycles. The van der Waals surface area contributed by atoms with Crippen LogP contribution in [0.25, 0.3) is 10.9 Å². The second-order valence-corrected chi connectivity index (χ2v) is 5.43. The van der Waals surface area contributed by atoms with Gasteiger partial charge in [0.05, 0.1) is 11.1 Å². The van der Waals surface area contributed by atoms with Crippen LogP contribution in [-0.4, -0.2) is 33.4 Å². The van der Waals surface area contributed by atoms with Gasteiger partial charge < -0.3 is 14.8 Å². The van der Waals surface area contributed by atoms with Gasteiger partial charge in [-0.25, -0.2) is 9.18 Å². The Kier molecular flexibility index (Phi) is 3.58. The number of hydrogen-bond donors (Lipinski definition) is 2. The number of benzene rings is 1. The monoisotopic (exact) mass is 279 g/mol. The van der Waals surface area contributed by atoms with Crippen molar-refractivity contribution in [1.82, 2.24) is 4.57 Å². The maximum atomic E-state index is 13.7. The highest BCUT2D eigenvalue weighted by Crippen LogP contribution is 2.19. The van der Waals surface area contributed by atoms with Crippen molar-refractivity contribution in [2.75, 3.05) is 0 Å². The number of rotatable bonds is 1. The second kappa shape index (κ2) is 4.92. The maximum absolute atomic E-state index is 13.7. The normalized spacial score (nSPS) is 11.7. The van der Waals surface area contributed by atoms with E-state index in [9.17, 15) is 19.2 Å². The molecule has 1 aromatic carbocycles. The summed E-state index contributed by atoms with van der Waals surface area (Å²) in [7, 11) is -1.91. The summed E-state index contributed by atoms with van der Waals surface area (Å²) in [5.41, 5.74) is -0.666. The van der Waals surface area contributed by atoms with Crippen molar-refractivity contribution < 1.29 is 24.0 Å². The third-order valence-corrected chi connectivity index (χ3v) is 2.66. The van der Waals surface area contributed by atoms with Gasteiger partial charge in [0.2, 0.25) is 0 Å². The highest BCUT2D eigenvalue weighted by Gasteiger charge is 2.27. The van der Waals surface area contributed by atoms with Gasteiger partial charge in [-0.3, -0.25) is 4.57 Å². The molecule has 0 aliphatic rings. The van der Waals surface area contributed by atoms with E-state index in [1.165, 1.54) is 24.3 Å². The summed E-state index contributed by atoms with van der Waals surface area (Å²) < 4.78 is 19.9. The molecule has 20 heavy (non-hydrogen) atoms. The number of carbonyl (C=O) groups is 1. The molecule has 106 valence electrons. The molecule has 0 saturated heterocycles. The fraction of sp³-hybridized carbons (Fsp3) is 0.308. The largest absolute Gasteiger partial charge is 0.506 e. The number of fused-ring (bicyclic) bond motifs is 1. The number of hydrogen-bond acceptors (Lipinski definition) is 4. The van der Waals surface area contributed by atoms with E-state index in [-0.39, 0.29) is 16.5 Å². The summed E-state index contributed by atoms with van der Waals surface area (Å²) in [5, 5.41) is 18.8. The fourth-order valence-electron chi connectivity index (χ4n) is 1.92. The third kappa shape index (κ3) is 2.68. The summed E-state index contributed by atoms with van der Waals surface area (Å²) in [6, 6.07) is 5.40. The number of halogens is 1. The second-order valence-electron chi connectivity index (χ2n) is 5.43. The smallest absolute Gasteiger partial charge is 0.443 e. The molecule has 5 nitrogen and oxygen atoms in total. The Balaban J connectivity index is 2.63. The van der Waals surface area contributed by atoms with Crippen LogP contribution in [0.1, 0.15) is 20.8 Å². The summed E-state index contributed by atoms with van der Waals surface area (Å²) in [4.78, 5) is 12.2. The van der Waals surface area contributed by atoms with E-state index in [4.69, 9.17) is 4.74 Å². The van der Waals surface area contributed by atoms with Crippen molar-refractivity contribution in [3.05, 3.63) is 30.1 Å². The van der Waals surface area contributed by atoms with Gasteiger partial charge in [0, 0.05) is 5.39 Å². The van der Waals surface area contributed by atoms with E-state index < -0.39 is 24.6 Å². The van der Waals surface area contributed by atoms with Crippen LogP contribution >= 0.6 is 0 Å². The summed E-state index contributed by atoms with van der Waals surface area (Å²) in [5.74, 6) is -0.549. The van der Waals surface area contributed by atoms with Gasteiger partial charge in [-0.1, -0.05) is 6.07 Å². The molecular formula is C13H15BFNO4. The Labute approximate surface area is 115 Å². The molecule has 2 N–H and O–H groups in total.